The van der Waals surface area contributed by atoms with Crippen molar-refractivity contribution in [2.24, 2.45) is 11.7 Å². The van der Waals surface area contributed by atoms with Gasteiger partial charge in [0, 0.05) is 42.0 Å². The highest BCUT2D eigenvalue weighted by atomic mass is 16.5. The Hall–Kier alpha value is -3.85. The molecule has 0 aliphatic carbocycles. The van der Waals surface area contributed by atoms with Gasteiger partial charge in [0.15, 0.2) is 11.5 Å². The van der Waals surface area contributed by atoms with E-state index in [-0.39, 0.29) is 18.2 Å². The van der Waals surface area contributed by atoms with Crippen LogP contribution in [0.25, 0.3) is 10.9 Å². The monoisotopic (exact) mass is 533 g/mol. The van der Waals surface area contributed by atoms with E-state index in [2.05, 4.69) is 27.9 Å². The number of pyridine rings is 1. The Morgan fingerprint density at radius 3 is 2.54 bits per heavy atom. The number of amides is 2. The molecule has 0 saturated carbocycles. The van der Waals surface area contributed by atoms with Crippen LogP contribution in [0.1, 0.15) is 50.3 Å². The van der Waals surface area contributed by atoms with Crippen molar-refractivity contribution >= 4 is 34.1 Å². The minimum absolute atomic E-state index is 0.00536. The van der Waals surface area contributed by atoms with E-state index in [0.29, 0.717) is 42.3 Å². The number of nitrogens with one attached hydrogen (secondary N) is 3. The Bertz CT molecular complexity index is 1320. The minimum atomic E-state index is -0.445. The van der Waals surface area contributed by atoms with E-state index in [1.807, 2.05) is 44.2 Å². The number of carbonyl (C=O) groups is 2. The van der Waals surface area contributed by atoms with Crippen molar-refractivity contribution in [3.05, 3.63) is 53.2 Å². The third kappa shape index (κ3) is 6.78. The maximum atomic E-state index is 12.8. The normalized spacial score (nSPS) is 15.1. The fourth-order valence-electron chi connectivity index (χ4n) is 5.12. The number of primary amides is 1. The van der Waals surface area contributed by atoms with Crippen molar-refractivity contribution in [2.75, 3.05) is 31.6 Å². The maximum absolute atomic E-state index is 12.8. The number of ether oxygens (including phenoxy) is 2. The lowest BCUT2D eigenvalue weighted by atomic mass is 9.98. The molecule has 2 aromatic carbocycles. The van der Waals surface area contributed by atoms with Crippen molar-refractivity contribution in [1.29, 1.82) is 0 Å². The van der Waals surface area contributed by atoms with Crippen LogP contribution in [0.3, 0.4) is 0 Å². The van der Waals surface area contributed by atoms with Crippen LogP contribution in [0.15, 0.2) is 36.5 Å². The number of nitrogens with zero attached hydrogens (tertiary/aromatic N) is 1. The summed E-state index contributed by atoms with van der Waals surface area (Å²) in [4.78, 5) is 29.3. The molecule has 2 heterocycles. The molecule has 0 bridgehead atoms. The summed E-state index contributed by atoms with van der Waals surface area (Å²) in [5.74, 6) is 0.871. The standard InChI is InChI=1S/C30H39N5O4/c1-4-22-19(17-34-30(37)20-10-8-12-32-16-20)9-7-11-24(22)35-29-21(13-28(31)36)18-33-25-15-27(39-6-3)26(38-5-2)14-23(25)29/h7,9,11,14-15,18,20,32H,4-6,8,10,12-13,16-17H2,1-3H3,(H2,31,36)(H,33,35)(H,34,37)/t20-/m1/s1. The number of fused-ring (bicyclic) bond motifs is 1. The second-order valence-corrected chi connectivity index (χ2v) is 9.67. The molecule has 208 valence electrons. The highest BCUT2D eigenvalue weighted by Gasteiger charge is 2.21. The molecule has 0 spiro atoms. The van der Waals surface area contributed by atoms with Crippen molar-refractivity contribution < 1.29 is 19.1 Å². The van der Waals surface area contributed by atoms with Gasteiger partial charge < -0.3 is 31.2 Å². The maximum Gasteiger partial charge on any atom is 0.224 e. The molecule has 9 heteroatoms. The first-order valence-corrected chi connectivity index (χ1v) is 13.8. The average molecular weight is 534 g/mol. The summed E-state index contributed by atoms with van der Waals surface area (Å²) in [6, 6.07) is 9.78. The third-order valence-corrected chi connectivity index (χ3v) is 6.98. The molecule has 9 nitrogen and oxygen atoms in total. The Kier molecular flexibility index (Phi) is 9.59. The zero-order valence-electron chi connectivity index (χ0n) is 23.1. The predicted octanol–water partition coefficient (Wildman–Crippen LogP) is 3.98. The third-order valence-electron chi connectivity index (χ3n) is 6.98. The summed E-state index contributed by atoms with van der Waals surface area (Å²) in [7, 11) is 0. The lowest BCUT2D eigenvalue weighted by Crippen LogP contribution is -2.40. The number of aromatic nitrogens is 1. The van der Waals surface area contributed by atoms with E-state index >= 15 is 0 Å². The molecule has 2 amide bonds. The lowest BCUT2D eigenvalue weighted by molar-refractivity contribution is -0.125. The molecule has 1 saturated heterocycles. The first-order chi connectivity index (χ1) is 18.9. The molecule has 5 N–H and O–H groups in total. The number of anilines is 2. The first-order valence-electron chi connectivity index (χ1n) is 13.8. The van der Waals surface area contributed by atoms with Gasteiger partial charge in [0.1, 0.15) is 0 Å². The summed E-state index contributed by atoms with van der Waals surface area (Å²) in [5.41, 5.74) is 10.8. The number of piperidine rings is 1. The lowest BCUT2D eigenvalue weighted by Gasteiger charge is -2.23. The van der Waals surface area contributed by atoms with Gasteiger partial charge >= 0.3 is 0 Å². The van der Waals surface area contributed by atoms with Gasteiger partial charge in [0.2, 0.25) is 11.8 Å². The second-order valence-electron chi connectivity index (χ2n) is 9.67. The second kappa shape index (κ2) is 13.3. The van der Waals surface area contributed by atoms with E-state index in [1.165, 1.54) is 0 Å². The molecule has 0 radical (unpaired) electrons. The number of benzene rings is 2. The van der Waals surface area contributed by atoms with E-state index in [9.17, 15) is 9.59 Å². The fraction of sp³-hybridized carbons (Fsp3) is 0.433. The number of carbonyl (C=O) groups excluding carboxylic acids is 2. The highest BCUT2D eigenvalue weighted by Crippen LogP contribution is 2.38. The van der Waals surface area contributed by atoms with Crippen LogP contribution in [0.5, 0.6) is 11.5 Å². The van der Waals surface area contributed by atoms with E-state index in [1.54, 1.807) is 6.20 Å². The van der Waals surface area contributed by atoms with Crippen LogP contribution < -0.4 is 31.2 Å². The topological polar surface area (TPSA) is 128 Å². The smallest absolute Gasteiger partial charge is 0.224 e. The molecule has 1 aliphatic rings. The van der Waals surface area contributed by atoms with Gasteiger partial charge in [-0.05, 0) is 62.9 Å². The largest absolute Gasteiger partial charge is 0.490 e. The van der Waals surface area contributed by atoms with Gasteiger partial charge in [-0.1, -0.05) is 19.1 Å². The summed E-state index contributed by atoms with van der Waals surface area (Å²) >= 11 is 0. The Morgan fingerprint density at radius 1 is 1.10 bits per heavy atom. The van der Waals surface area contributed by atoms with Gasteiger partial charge in [-0.15, -0.1) is 0 Å². The van der Waals surface area contributed by atoms with E-state index in [4.69, 9.17) is 15.2 Å². The van der Waals surface area contributed by atoms with Crippen molar-refractivity contribution in [3.8, 4) is 11.5 Å². The van der Waals surface area contributed by atoms with Crippen LogP contribution >= 0.6 is 0 Å². The molecule has 39 heavy (non-hydrogen) atoms. The minimum Gasteiger partial charge on any atom is -0.490 e. The Balaban J connectivity index is 1.71. The highest BCUT2D eigenvalue weighted by molar-refractivity contribution is 5.98. The molecule has 4 rings (SSSR count). The van der Waals surface area contributed by atoms with E-state index in [0.717, 1.165) is 60.2 Å². The number of hydrogen-bond donors (Lipinski definition) is 4. The molecule has 1 atom stereocenters. The summed E-state index contributed by atoms with van der Waals surface area (Å²) < 4.78 is 11.7. The molecule has 3 aromatic rings. The fourth-order valence-corrected chi connectivity index (χ4v) is 5.12. The van der Waals surface area contributed by atoms with Crippen molar-refractivity contribution in [3.63, 3.8) is 0 Å². The SMILES string of the molecule is CCOc1cc2ncc(CC(N)=O)c(Nc3cccc(CNC(=O)[C@@H]4CCCNC4)c3CC)c2cc1OCC. The summed E-state index contributed by atoms with van der Waals surface area (Å²) in [6.45, 7) is 9.05. The van der Waals surface area contributed by atoms with E-state index < -0.39 is 5.91 Å². The molecule has 1 aliphatic heterocycles. The Morgan fingerprint density at radius 2 is 1.87 bits per heavy atom. The number of nitrogens with two attached hydrogens (primary N) is 1. The number of hydrogen-bond acceptors (Lipinski definition) is 7. The van der Waals surface area contributed by atoms with Crippen LogP contribution in [-0.4, -0.2) is 43.1 Å². The summed E-state index contributed by atoms with van der Waals surface area (Å²) in [6.07, 6.45) is 4.40. The molecule has 1 aromatic heterocycles. The van der Waals surface area contributed by atoms with Gasteiger partial charge in [-0.3, -0.25) is 14.6 Å². The zero-order chi connectivity index (χ0) is 27.8. The summed E-state index contributed by atoms with van der Waals surface area (Å²) in [5, 5.41) is 10.8. The average Bonchev–Trinajstić information content (AvgIpc) is 2.94. The van der Waals surface area contributed by atoms with Crippen molar-refractivity contribution in [1.82, 2.24) is 15.6 Å². The molecule has 1 fully saturated rings. The molecular formula is C30H39N5O4. The van der Waals surface area contributed by atoms with Crippen LogP contribution in [-0.2, 0) is 29.0 Å². The predicted molar refractivity (Wildman–Crippen MR) is 154 cm³/mol. The van der Waals surface area contributed by atoms with Crippen LogP contribution in [0.4, 0.5) is 11.4 Å². The first kappa shape index (κ1) is 28.2. The zero-order valence-corrected chi connectivity index (χ0v) is 23.1. The van der Waals surface area contributed by atoms with Gasteiger partial charge in [0.05, 0.1) is 36.8 Å². The number of rotatable bonds is 12. The Labute approximate surface area is 229 Å². The van der Waals surface area contributed by atoms with Gasteiger partial charge in [0.25, 0.3) is 0 Å². The molecular weight excluding hydrogens is 494 g/mol. The molecule has 0 unspecified atom stereocenters. The quantitative estimate of drug-likeness (QED) is 0.277. The van der Waals surface area contributed by atoms with Crippen LogP contribution in [0.2, 0.25) is 0 Å². The van der Waals surface area contributed by atoms with Crippen molar-refractivity contribution in [2.45, 2.75) is 53.0 Å². The van der Waals surface area contributed by atoms with Crippen LogP contribution in [0, 0.1) is 5.92 Å². The van der Waals surface area contributed by atoms with Gasteiger partial charge in [-0.2, -0.15) is 0 Å². The van der Waals surface area contributed by atoms with Gasteiger partial charge in [-0.25, -0.2) is 0 Å².